The highest BCUT2D eigenvalue weighted by Crippen LogP contribution is 2.29. The Labute approximate surface area is 118 Å². The molecule has 2 unspecified atom stereocenters. The summed E-state index contributed by atoms with van der Waals surface area (Å²) >= 11 is 0. The van der Waals surface area contributed by atoms with Crippen LogP contribution in [0.15, 0.2) is 0 Å². The molecule has 114 valence electrons. The average Bonchev–Trinajstić information content (AvgIpc) is 2.45. The highest BCUT2D eigenvalue weighted by atomic mass is 16.5. The fraction of sp³-hybridized carbons (Fsp3) is 1.00. The minimum Gasteiger partial charge on any atom is -0.385 e. The lowest BCUT2D eigenvalue weighted by Gasteiger charge is -2.35. The first-order valence-corrected chi connectivity index (χ1v) is 7.72. The van der Waals surface area contributed by atoms with E-state index >= 15 is 0 Å². The number of ether oxygens (including phenoxy) is 2. The van der Waals surface area contributed by atoms with E-state index in [4.69, 9.17) is 15.2 Å². The van der Waals surface area contributed by atoms with Gasteiger partial charge in [-0.3, -0.25) is 0 Å². The summed E-state index contributed by atoms with van der Waals surface area (Å²) in [6, 6.07) is 0. The Kier molecular flexibility index (Phi) is 9.43. The van der Waals surface area contributed by atoms with Crippen LogP contribution in [0.5, 0.6) is 0 Å². The van der Waals surface area contributed by atoms with Crippen molar-refractivity contribution in [1.82, 2.24) is 4.90 Å². The van der Waals surface area contributed by atoms with E-state index in [0.717, 1.165) is 51.1 Å². The van der Waals surface area contributed by atoms with Crippen molar-refractivity contribution >= 4 is 0 Å². The van der Waals surface area contributed by atoms with Crippen LogP contribution >= 0.6 is 0 Å². The Hall–Kier alpha value is -0.160. The predicted molar refractivity (Wildman–Crippen MR) is 79.3 cm³/mol. The lowest BCUT2D eigenvalue weighted by atomic mass is 9.79. The fourth-order valence-electron chi connectivity index (χ4n) is 3.11. The zero-order valence-corrected chi connectivity index (χ0v) is 12.8. The van der Waals surface area contributed by atoms with Crippen molar-refractivity contribution in [2.45, 2.75) is 32.1 Å². The lowest BCUT2D eigenvalue weighted by Crippen LogP contribution is -2.39. The molecule has 0 aliphatic heterocycles. The van der Waals surface area contributed by atoms with Gasteiger partial charge in [-0.1, -0.05) is 12.8 Å². The molecule has 0 aromatic rings. The molecule has 1 aliphatic carbocycles. The van der Waals surface area contributed by atoms with E-state index in [0.29, 0.717) is 0 Å². The SMILES string of the molecule is COCCCN(CCOC)CC1CCCCC1CN. The van der Waals surface area contributed by atoms with Gasteiger partial charge in [0.2, 0.25) is 0 Å². The Bertz CT molecular complexity index is 214. The van der Waals surface area contributed by atoms with Gasteiger partial charge in [-0.25, -0.2) is 0 Å². The van der Waals surface area contributed by atoms with Gasteiger partial charge in [0, 0.05) is 40.5 Å². The normalized spacial score (nSPS) is 24.0. The second kappa shape index (κ2) is 10.6. The summed E-state index contributed by atoms with van der Waals surface area (Å²) in [4.78, 5) is 2.53. The van der Waals surface area contributed by atoms with Gasteiger partial charge in [0.1, 0.15) is 0 Å². The van der Waals surface area contributed by atoms with E-state index in [1.807, 2.05) is 0 Å². The van der Waals surface area contributed by atoms with Crippen LogP contribution in [-0.2, 0) is 9.47 Å². The third kappa shape index (κ3) is 6.70. The maximum absolute atomic E-state index is 5.93. The van der Waals surface area contributed by atoms with Gasteiger partial charge in [-0.05, 0) is 37.6 Å². The second-order valence-electron chi connectivity index (χ2n) is 5.68. The van der Waals surface area contributed by atoms with Gasteiger partial charge < -0.3 is 20.1 Å². The number of nitrogens with two attached hydrogens (primary N) is 1. The molecule has 4 nitrogen and oxygen atoms in total. The van der Waals surface area contributed by atoms with Gasteiger partial charge in [-0.15, -0.1) is 0 Å². The molecule has 1 saturated carbocycles. The molecule has 2 N–H and O–H groups in total. The van der Waals surface area contributed by atoms with Gasteiger partial charge >= 0.3 is 0 Å². The predicted octanol–water partition coefficient (Wildman–Crippen LogP) is 1.74. The van der Waals surface area contributed by atoms with Gasteiger partial charge in [-0.2, -0.15) is 0 Å². The Balaban J connectivity index is 2.39. The van der Waals surface area contributed by atoms with Crippen molar-refractivity contribution in [3.05, 3.63) is 0 Å². The maximum atomic E-state index is 5.93. The molecule has 0 heterocycles. The molecular weight excluding hydrogens is 240 g/mol. The van der Waals surface area contributed by atoms with Gasteiger partial charge in [0.25, 0.3) is 0 Å². The maximum Gasteiger partial charge on any atom is 0.0589 e. The molecule has 19 heavy (non-hydrogen) atoms. The van der Waals surface area contributed by atoms with Crippen LogP contribution in [0.4, 0.5) is 0 Å². The van der Waals surface area contributed by atoms with E-state index in [1.165, 1.54) is 32.2 Å². The van der Waals surface area contributed by atoms with Crippen molar-refractivity contribution in [2.24, 2.45) is 17.6 Å². The third-order valence-corrected chi connectivity index (χ3v) is 4.30. The number of methoxy groups -OCH3 is 2. The lowest BCUT2D eigenvalue weighted by molar-refractivity contribution is 0.102. The van der Waals surface area contributed by atoms with Crippen LogP contribution in [0.25, 0.3) is 0 Å². The van der Waals surface area contributed by atoms with Crippen LogP contribution < -0.4 is 5.73 Å². The van der Waals surface area contributed by atoms with E-state index in [-0.39, 0.29) is 0 Å². The van der Waals surface area contributed by atoms with E-state index in [2.05, 4.69) is 4.90 Å². The van der Waals surface area contributed by atoms with Crippen molar-refractivity contribution in [2.75, 3.05) is 53.6 Å². The summed E-state index contributed by atoms with van der Waals surface area (Å²) < 4.78 is 10.4. The number of nitrogens with zero attached hydrogens (tertiary/aromatic N) is 1. The van der Waals surface area contributed by atoms with Crippen LogP contribution in [0.2, 0.25) is 0 Å². The smallest absolute Gasteiger partial charge is 0.0589 e. The summed E-state index contributed by atoms with van der Waals surface area (Å²) in [5.74, 6) is 1.50. The fourth-order valence-corrected chi connectivity index (χ4v) is 3.11. The summed E-state index contributed by atoms with van der Waals surface area (Å²) in [5, 5.41) is 0. The zero-order chi connectivity index (χ0) is 13.9. The first kappa shape index (κ1) is 16.9. The number of rotatable bonds is 10. The first-order chi connectivity index (χ1) is 9.31. The van der Waals surface area contributed by atoms with Crippen molar-refractivity contribution in [1.29, 1.82) is 0 Å². The van der Waals surface area contributed by atoms with Crippen LogP contribution in [-0.4, -0.2) is 58.5 Å². The molecule has 4 heteroatoms. The minimum absolute atomic E-state index is 0.723. The quantitative estimate of drug-likeness (QED) is 0.615. The molecule has 0 bridgehead atoms. The minimum atomic E-state index is 0.723. The average molecular weight is 272 g/mol. The first-order valence-electron chi connectivity index (χ1n) is 7.72. The Morgan fingerprint density at radius 2 is 1.68 bits per heavy atom. The molecule has 0 amide bonds. The molecule has 0 spiro atoms. The van der Waals surface area contributed by atoms with Gasteiger partial charge in [0.15, 0.2) is 0 Å². The third-order valence-electron chi connectivity index (χ3n) is 4.30. The van der Waals surface area contributed by atoms with Crippen molar-refractivity contribution in [3.8, 4) is 0 Å². The monoisotopic (exact) mass is 272 g/mol. The molecule has 2 atom stereocenters. The van der Waals surface area contributed by atoms with Gasteiger partial charge in [0.05, 0.1) is 6.61 Å². The van der Waals surface area contributed by atoms with Crippen LogP contribution in [0.1, 0.15) is 32.1 Å². The topological polar surface area (TPSA) is 47.7 Å². The van der Waals surface area contributed by atoms with E-state index in [1.54, 1.807) is 14.2 Å². The van der Waals surface area contributed by atoms with Crippen molar-refractivity contribution < 1.29 is 9.47 Å². The molecule has 0 radical (unpaired) electrons. The van der Waals surface area contributed by atoms with Crippen LogP contribution in [0.3, 0.4) is 0 Å². The summed E-state index contributed by atoms with van der Waals surface area (Å²) in [6.45, 7) is 5.80. The zero-order valence-electron chi connectivity index (χ0n) is 12.8. The molecule has 0 aromatic carbocycles. The Morgan fingerprint density at radius 3 is 2.32 bits per heavy atom. The largest absolute Gasteiger partial charge is 0.385 e. The number of hydrogen-bond donors (Lipinski definition) is 1. The molecule has 1 fully saturated rings. The highest BCUT2D eigenvalue weighted by Gasteiger charge is 2.25. The van der Waals surface area contributed by atoms with Crippen LogP contribution in [0, 0.1) is 11.8 Å². The molecule has 1 rings (SSSR count). The molecule has 0 saturated heterocycles. The molecule has 1 aliphatic rings. The second-order valence-corrected chi connectivity index (χ2v) is 5.68. The van der Waals surface area contributed by atoms with Crippen molar-refractivity contribution in [3.63, 3.8) is 0 Å². The highest BCUT2D eigenvalue weighted by molar-refractivity contribution is 4.79. The molecule has 0 aromatic heterocycles. The van der Waals surface area contributed by atoms with E-state index in [9.17, 15) is 0 Å². The number of hydrogen-bond acceptors (Lipinski definition) is 4. The summed E-state index contributed by atoms with van der Waals surface area (Å²) in [6.07, 6.45) is 6.49. The van der Waals surface area contributed by atoms with E-state index < -0.39 is 0 Å². The Morgan fingerprint density at radius 1 is 1.00 bits per heavy atom. The standard InChI is InChI=1S/C15H32N2O2/c1-18-10-5-8-17(9-11-19-2)13-15-7-4-3-6-14(15)12-16/h14-15H,3-13,16H2,1-2H3. The molecular formula is C15H32N2O2. The summed E-state index contributed by atoms with van der Waals surface area (Å²) in [7, 11) is 3.54. The summed E-state index contributed by atoms with van der Waals surface area (Å²) in [5.41, 5.74) is 5.93.